The van der Waals surface area contributed by atoms with E-state index in [0.717, 1.165) is 27.0 Å². The number of aromatic nitrogens is 3. The van der Waals surface area contributed by atoms with Crippen LogP contribution < -0.4 is 16.1 Å². The zero-order valence-electron chi connectivity index (χ0n) is 18.0. The Kier molecular flexibility index (Phi) is 6.80. The van der Waals surface area contributed by atoms with Gasteiger partial charge in [0.15, 0.2) is 0 Å². The summed E-state index contributed by atoms with van der Waals surface area (Å²) in [6.45, 7) is 4.05. The number of aromatic hydroxyl groups is 1. The van der Waals surface area contributed by atoms with Gasteiger partial charge in [0.1, 0.15) is 5.75 Å². The highest BCUT2D eigenvalue weighted by Crippen LogP contribution is 2.21. The average molecular weight is 504 g/mol. The van der Waals surface area contributed by atoms with Crippen LogP contribution in [0.15, 0.2) is 76.3 Å². The van der Waals surface area contributed by atoms with E-state index < -0.39 is 0 Å². The van der Waals surface area contributed by atoms with Crippen molar-refractivity contribution in [2.75, 3.05) is 16.1 Å². The lowest BCUT2D eigenvalue weighted by Crippen LogP contribution is -2.07. The topological polar surface area (TPSA) is 107 Å². The van der Waals surface area contributed by atoms with Gasteiger partial charge in [-0.3, -0.25) is 0 Å². The molecule has 0 saturated heterocycles. The van der Waals surface area contributed by atoms with Crippen molar-refractivity contribution >= 4 is 51.4 Å². The predicted molar refractivity (Wildman–Crippen MR) is 136 cm³/mol. The summed E-state index contributed by atoms with van der Waals surface area (Å²) in [5, 5.41) is 20.5. The first-order valence-corrected chi connectivity index (χ1v) is 10.9. The van der Waals surface area contributed by atoms with E-state index in [1.165, 1.54) is 6.21 Å². The van der Waals surface area contributed by atoms with Gasteiger partial charge in [-0.1, -0.05) is 51.3 Å². The number of hydrogen-bond donors (Lipinski definition) is 4. The van der Waals surface area contributed by atoms with Crippen molar-refractivity contribution in [1.29, 1.82) is 0 Å². The molecule has 4 aromatic rings. The molecule has 0 unspecified atom stereocenters. The van der Waals surface area contributed by atoms with Gasteiger partial charge in [0.2, 0.25) is 17.8 Å². The molecule has 4 rings (SSSR count). The number of nitrogens with one attached hydrogen (secondary N) is 3. The Morgan fingerprint density at radius 2 is 1.27 bits per heavy atom. The predicted octanol–water partition coefficient (Wildman–Crippen LogP) is 5.89. The average Bonchev–Trinajstić information content (AvgIpc) is 2.79. The smallest absolute Gasteiger partial charge is 0.250 e. The lowest BCUT2D eigenvalue weighted by molar-refractivity contribution is 0.474. The van der Waals surface area contributed by atoms with E-state index in [2.05, 4.69) is 52.0 Å². The van der Waals surface area contributed by atoms with Crippen LogP contribution in [0.2, 0.25) is 0 Å². The molecule has 0 radical (unpaired) electrons. The third kappa shape index (κ3) is 6.27. The van der Waals surface area contributed by atoms with Crippen molar-refractivity contribution in [2.24, 2.45) is 5.10 Å². The summed E-state index contributed by atoms with van der Waals surface area (Å²) in [7, 11) is 0. The first kappa shape index (κ1) is 22.2. The Balaban J connectivity index is 1.59. The minimum absolute atomic E-state index is 0.114. The molecule has 8 nitrogen and oxygen atoms in total. The number of hydrogen-bond acceptors (Lipinski definition) is 8. The van der Waals surface area contributed by atoms with Crippen molar-refractivity contribution in [3.05, 3.63) is 87.9 Å². The van der Waals surface area contributed by atoms with Gasteiger partial charge in [0.25, 0.3) is 0 Å². The van der Waals surface area contributed by atoms with Crippen LogP contribution >= 0.6 is 15.9 Å². The van der Waals surface area contributed by atoms with Gasteiger partial charge in [-0.05, 0) is 56.3 Å². The Bertz CT molecular complexity index is 1210. The zero-order chi connectivity index (χ0) is 23.2. The van der Waals surface area contributed by atoms with Gasteiger partial charge in [-0.25, -0.2) is 5.43 Å². The number of phenolic OH excluding ortho intramolecular Hbond substituents is 1. The molecule has 9 heteroatoms. The third-order valence-electron chi connectivity index (χ3n) is 4.61. The summed E-state index contributed by atoms with van der Waals surface area (Å²) in [6, 6.07) is 20.9. The molecule has 1 aromatic heterocycles. The van der Waals surface area contributed by atoms with Crippen LogP contribution in [0.1, 0.15) is 16.7 Å². The first-order chi connectivity index (χ1) is 15.9. The standard InChI is InChI=1S/C24H22BrN7O/c1-15-3-8-19(9-4-15)27-22-29-23(28-20-10-5-16(2)6-11-20)31-24(30-22)32-26-14-17-13-18(25)7-12-21(17)33/h3-14,33H,1-2H3,(H3,27,28,29,30,31,32)/b26-14+. The number of halogens is 1. The largest absolute Gasteiger partial charge is 0.507 e. The molecule has 0 bridgehead atoms. The van der Waals surface area contributed by atoms with Crippen molar-refractivity contribution in [1.82, 2.24) is 15.0 Å². The molecule has 0 fully saturated rings. The van der Waals surface area contributed by atoms with Crippen LogP contribution in [0.5, 0.6) is 5.75 Å². The Labute approximate surface area is 200 Å². The summed E-state index contributed by atoms with van der Waals surface area (Å²) in [6.07, 6.45) is 1.49. The van der Waals surface area contributed by atoms with Gasteiger partial charge in [-0.15, -0.1) is 0 Å². The fraction of sp³-hybridized carbons (Fsp3) is 0.0833. The molecule has 1 heterocycles. The van der Waals surface area contributed by atoms with Crippen molar-refractivity contribution in [3.63, 3.8) is 0 Å². The molecule has 0 aliphatic heterocycles. The van der Waals surface area contributed by atoms with Crippen LogP contribution in [-0.4, -0.2) is 26.3 Å². The molecule has 0 atom stereocenters. The van der Waals surface area contributed by atoms with E-state index in [1.807, 2.05) is 62.4 Å². The Hall–Kier alpha value is -3.98. The number of nitrogens with zero attached hydrogens (tertiary/aromatic N) is 4. The van der Waals surface area contributed by atoms with Gasteiger partial charge in [0.05, 0.1) is 6.21 Å². The number of hydrazone groups is 1. The second-order valence-electron chi connectivity index (χ2n) is 7.36. The highest BCUT2D eigenvalue weighted by atomic mass is 79.9. The molecule has 0 amide bonds. The number of aryl methyl sites for hydroxylation is 2. The van der Waals surface area contributed by atoms with Gasteiger partial charge in [0, 0.05) is 21.4 Å². The van der Waals surface area contributed by atoms with E-state index >= 15 is 0 Å². The first-order valence-electron chi connectivity index (χ1n) is 10.2. The van der Waals surface area contributed by atoms with E-state index in [1.54, 1.807) is 18.2 Å². The minimum atomic E-state index is 0.114. The quantitative estimate of drug-likeness (QED) is 0.184. The molecule has 0 saturated carbocycles. The van der Waals surface area contributed by atoms with Gasteiger partial charge >= 0.3 is 0 Å². The van der Waals surface area contributed by atoms with Gasteiger partial charge in [-0.2, -0.15) is 20.1 Å². The lowest BCUT2D eigenvalue weighted by Gasteiger charge is -2.10. The number of benzene rings is 3. The maximum absolute atomic E-state index is 9.99. The lowest BCUT2D eigenvalue weighted by atomic mass is 10.2. The van der Waals surface area contributed by atoms with E-state index in [9.17, 15) is 5.11 Å². The molecule has 0 spiro atoms. The Morgan fingerprint density at radius 1 is 0.758 bits per heavy atom. The maximum Gasteiger partial charge on any atom is 0.250 e. The normalized spacial score (nSPS) is 10.9. The molecular formula is C24H22BrN7O. The highest BCUT2D eigenvalue weighted by molar-refractivity contribution is 9.10. The van der Waals surface area contributed by atoms with Gasteiger partial charge < -0.3 is 15.7 Å². The third-order valence-corrected chi connectivity index (χ3v) is 5.10. The fourth-order valence-electron chi connectivity index (χ4n) is 2.86. The summed E-state index contributed by atoms with van der Waals surface area (Å²) in [4.78, 5) is 13.3. The number of rotatable bonds is 7. The van der Waals surface area contributed by atoms with Crippen molar-refractivity contribution in [3.8, 4) is 5.75 Å². The molecule has 4 N–H and O–H groups in total. The second kappa shape index (κ2) is 10.1. The van der Waals surface area contributed by atoms with Crippen LogP contribution in [0.4, 0.5) is 29.2 Å². The molecule has 0 aliphatic carbocycles. The van der Waals surface area contributed by atoms with E-state index in [4.69, 9.17) is 0 Å². The molecule has 33 heavy (non-hydrogen) atoms. The number of anilines is 5. The highest BCUT2D eigenvalue weighted by Gasteiger charge is 2.08. The molecular weight excluding hydrogens is 482 g/mol. The molecule has 0 aliphatic rings. The minimum Gasteiger partial charge on any atom is -0.507 e. The maximum atomic E-state index is 9.99. The van der Waals surface area contributed by atoms with Crippen LogP contribution in [-0.2, 0) is 0 Å². The summed E-state index contributed by atoms with van der Waals surface area (Å²) in [5.41, 5.74) is 7.37. The fourth-order valence-corrected chi connectivity index (χ4v) is 3.24. The summed E-state index contributed by atoms with van der Waals surface area (Å²) < 4.78 is 0.830. The Morgan fingerprint density at radius 3 is 1.82 bits per heavy atom. The van der Waals surface area contributed by atoms with E-state index in [0.29, 0.717) is 17.5 Å². The summed E-state index contributed by atoms with van der Waals surface area (Å²) in [5.74, 6) is 1.06. The SMILES string of the molecule is Cc1ccc(Nc2nc(N/N=C/c3cc(Br)ccc3O)nc(Nc3ccc(C)cc3)n2)cc1. The monoisotopic (exact) mass is 503 g/mol. The summed E-state index contributed by atoms with van der Waals surface area (Å²) >= 11 is 3.38. The van der Waals surface area contributed by atoms with Crippen LogP contribution in [0.25, 0.3) is 0 Å². The van der Waals surface area contributed by atoms with Crippen molar-refractivity contribution < 1.29 is 5.11 Å². The van der Waals surface area contributed by atoms with Crippen molar-refractivity contribution in [2.45, 2.75) is 13.8 Å². The molecule has 3 aromatic carbocycles. The van der Waals surface area contributed by atoms with Crippen LogP contribution in [0, 0.1) is 13.8 Å². The second-order valence-corrected chi connectivity index (χ2v) is 8.28. The van der Waals surface area contributed by atoms with Crippen LogP contribution in [0.3, 0.4) is 0 Å². The zero-order valence-corrected chi connectivity index (χ0v) is 19.6. The molecule has 166 valence electrons. The number of phenols is 1. The van der Waals surface area contributed by atoms with E-state index in [-0.39, 0.29) is 11.7 Å².